The van der Waals surface area contributed by atoms with Gasteiger partial charge >= 0.3 is 0 Å². The summed E-state index contributed by atoms with van der Waals surface area (Å²) in [4.78, 5) is 54.9. The Balaban J connectivity index is 0.691. The number of H-pyrrole nitrogens is 1. The van der Waals surface area contributed by atoms with Crippen LogP contribution in [0.1, 0.15) is 122 Å². The Kier molecular flexibility index (Phi) is 13.0. The molecule has 1 unspecified atom stereocenters. The van der Waals surface area contributed by atoms with Crippen molar-refractivity contribution in [3.05, 3.63) is 113 Å². The third-order valence-corrected chi connectivity index (χ3v) is 15.4. The van der Waals surface area contributed by atoms with E-state index in [0.29, 0.717) is 29.5 Å². The lowest BCUT2D eigenvalue weighted by Crippen LogP contribution is -2.47. The molecular formula is C54H63FN9O4+. The molecule has 4 saturated heterocycles. The molecule has 4 aliphatic rings. The molecule has 3 amide bonds. The van der Waals surface area contributed by atoms with Crippen LogP contribution in [0.15, 0.2) is 79.0 Å². The number of imidazole rings is 1. The van der Waals surface area contributed by atoms with Crippen LogP contribution in [0.4, 0.5) is 10.1 Å². The molecule has 0 spiro atoms. The van der Waals surface area contributed by atoms with Crippen molar-refractivity contribution in [3.63, 3.8) is 0 Å². The van der Waals surface area contributed by atoms with Crippen LogP contribution in [0.2, 0.25) is 0 Å². The van der Waals surface area contributed by atoms with E-state index in [0.717, 1.165) is 122 Å². The lowest BCUT2D eigenvalue weighted by molar-refractivity contribution is -0.536. The maximum Gasteiger partial charge on any atom is 0.253 e. The molecule has 68 heavy (non-hydrogen) atoms. The van der Waals surface area contributed by atoms with Gasteiger partial charge in [0, 0.05) is 87.0 Å². The number of rotatable bonds is 11. The normalized spacial score (nSPS) is 21.0. The number of aryl methyl sites for hydroxylation is 1. The fourth-order valence-electron chi connectivity index (χ4n) is 11.2. The summed E-state index contributed by atoms with van der Waals surface area (Å²) in [6.07, 6.45) is 10.6. The topological polar surface area (TPSA) is 140 Å². The number of carbonyl (C=O) groups is 3. The highest BCUT2D eigenvalue weighted by Gasteiger charge is 2.31. The molecule has 4 fully saturated rings. The number of nitrogens with zero attached hydrogens (tertiary/aromatic N) is 6. The van der Waals surface area contributed by atoms with Crippen molar-refractivity contribution in [1.82, 2.24) is 34.6 Å². The minimum absolute atomic E-state index is 0.109. The quantitative estimate of drug-likeness (QED) is 0.0868. The van der Waals surface area contributed by atoms with Crippen LogP contribution in [0.3, 0.4) is 0 Å². The van der Waals surface area contributed by atoms with Gasteiger partial charge in [-0.2, -0.15) is 0 Å². The number of pyridine rings is 1. The van der Waals surface area contributed by atoms with Gasteiger partial charge in [0.1, 0.15) is 48.7 Å². The number of ether oxygens (including phenoxy) is 1. The molecule has 4 aliphatic heterocycles. The molecule has 10 rings (SSSR count). The Morgan fingerprint density at radius 3 is 2.38 bits per heavy atom. The third-order valence-electron chi connectivity index (χ3n) is 15.4. The monoisotopic (exact) mass is 920 g/mol. The van der Waals surface area contributed by atoms with Crippen LogP contribution in [0, 0.1) is 11.7 Å². The van der Waals surface area contributed by atoms with Gasteiger partial charge in [-0.05, 0) is 142 Å². The summed E-state index contributed by atoms with van der Waals surface area (Å²) >= 11 is 0. The minimum Gasteiger partial charge on any atom is -0.374 e. The Hall–Kier alpha value is -6.25. The number of methoxy groups -OCH3 is 1. The summed E-state index contributed by atoms with van der Waals surface area (Å²) in [7, 11) is 3.82. The van der Waals surface area contributed by atoms with Gasteiger partial charge in [-0.25, -0.2) is 18.9 Å². The summed E-state index contributed by atoms with van der Waals surface area (Å²) in [6, 6.07) is 24.1. The number of imide groups is 1. The van der Waals surface area contributed by atoms with E-state index in [1.54, 1.807) is 7.11 Å². The van der Waals surface area contributed by atoms with Crippen molar-refractivity contribution >= 4 is 51.7 Å². The summed E-state index contributed by atoms with van der Waals surface area (Å²) in [5.74, 6) is 1.04. The molecule has 3 aromatic heterocycles. The molecule has 13 nitrogen and oxygen atoms in total. The fraction of sp³-hybridized carbons (Fsp3) is 0.444. The van der Waals surface area contributed by atoms with Gasteiger partial charge in [0.2, 0.25) is 11.8 Å². The molecule has 3 aromatic carbocycles. The van der Waals surface area contributed by atoms with E-state index in [9.17, 15) is 14.4 Å². The maximum atomic E-state index is 15.3. The second kappa shape index (κ2) is 19.4. The number of hydrogen-bond acceptors (Lipinski definition) is 8. The number of anilines is 1. The standard InChI is InChI=1S/C54H62FN9O4/c1-33(49-31-44-42(15-22-56-52(44)61(49)3)40-9-12-46-48(29-40)59-51(58-46)34(2)68-4)63-27-20-37(21-28-63)36-5-7-39(8-6-36)54(67)64-25-16-35(17-26-64)32-62-23-18-38(19-24-62)43-11-10-41(30-45(43)55)57-47-13-14-50(65)60-53(47)66/h5-12,15,22,29-35,37-38,47,57H,13-14,16-21,23-28H2,1-4H3,(H-,56,58,59,60,65,66)/p+1/t33-,34+,38?,47?/m0/s1. The van der Waals surface area contributed by atoms with Crippen molar-refractivity contribution in [2.24, 2.45) is 13.0 Å². The maximum absolute atomic E-state index is 15.3. The minimum atomic E-state index is -0.542. The Morgan fingerprint density at radius 2 is 1.66 bits per heavy atom. The fourth-order valence-corrected chi connectivity index (χ4v) is 11.2. The number of hydrogen-bond donors (Lipinski definition) is 3. The second-order valence-electron chi connectivity index (χ2n) is 19.5. The molecule has 0 saturated carbocycles. The Morgan fingerprint density at radius 1 is 0.897 bits per heavy atom. The number of carbonyl (C=O) groups excluding carboxylic acids is 3. The highest BCUT2D eigenvalue weighted by Crippen LogP contribution is 2.37. The highest BCUT2D eigenvalue weighted by atomic mass is 19.1. The van der Waals surface area contributed by atoms with Crippen molar-refractivity contribution in [1.29, 1.82) is 0 Å². The number of nitrogens with one attached hydrogen (secondary N) is 3. The van der Waals surface area contributed by atoms with Crippen LogP contribution in [-0.2, 0) is 21.4 Å². The van der Waals surface area contributed by atoms with Crippen LogP contribution < -0.4 is 10.6 Å². The van der Waals surface area contributed by atoms with E-state index in [1.165, 1.54) is 17.3 Å². The lowest BCUT2D eigenvalue weighted by atomic mass is 9.88. The van der Waals surface area contributed by atoms with E-state index in [-0.39, 0.29) is 48.0 Å². The first-order valence-corrected chi connectivity index (χ1v) is 24.6. The first-order valence-electron chi connectivity index (χ1n) is 24.6. The van der Waals surface area contributed by atoms with Crippen molar-refractivity contribution in [2.45, 2.75) is 95.2 Å². The Bertz CT molecular complexity index is 2860. The first-order chi connectivity index (χ1) is 33.0. The number of benzene rings is 3. The number of fused-ring (bicyclic) bond motifs is 2. The van der Waals surface area contributed by atoms with E-state index >= 15 is 4.39 Å². The average molecular weight is 921 g/mol. The molecule has 7 heterocycles. The van der Waals surface area contributed by atoms with Gasteiger partial charge in [0.05, 0.1) is 11.0 Å². The number of aromatic nitrogens is 4. The average Bonchev–Trinajstić information content (AvgIpc) is 3.95. The number of amides is 3. The van der Waals surface area contributed by atoms with E-state index in [2.05, 4.69) is 92.3 Å². The summed E-state index contributed by atoms with van der Waals surface area (Å²) in [6.45, 7) is 9.52. The van der Waals surface area contributed by atoms with E-state index in [4.69, 9.17) is 14.7 Å². The first kappa shape index (κ1) is 45.5. The van der Waals surface area contributed by atoms with Crippen LogP contribution in [0.25, 0.3) is 33.2 Å². The van der Waals surface area contributed by atoms with Crippen molar-refractivity contribution < 1.29 is 28.1 Å². The molecule has 0 aliphatic carbocycles. The third kappa shape index (κ3) is 9.32. The SMILES string of the molecule is CO[C@H](C)c1nc2ccc(-c3ccnc4c3cc([C@H](C)N3CCC(c5ccc(C(=O)N6CCC(C=[N+]7CCC(c8ccc(NC9CCC(=O)NC9=O)cc8F)CC7)CC6)cc5)CC3)n4C)cc2[nH]1. The zero-order chi connectivity index (χ0) is 47.1. The summed E-state index contributed by atoms with van der Waals surface area (Å²) < 4.78 is 25.4. The molecule has 0 bridgehead atoms. The van der Waals surface area contributed by atoms with E-state index < -0.39 is 6.04 Å². The highest BCUT2D eigenvalue weighted by molar-refractivity contribution is 6.01. The molecular weight excluding hydrogens is 858 g/mol. The molecule has 6 aromatic rings. The molecule has 3 atom stereocenters. The smallest absolute Gasteiger partial charge is 0.253 e. The van der Waals surface area contributed by atoms with Gasteiger partial charge in [-0.15, -0.1) is 0 Å². The van der Waals surface area contributed by atoms with Crippen LogP contribution in [-0.4, -0.2) is 110 Å². The second-order valence-corrected chi connectivity index (χ2v) is 19.5. The number of likely N-dealkylation sites (tertiary alicyclic amines) is 2. The lowest BCUT2D eigenvalue weighted by Gasteiger charge is -2.36. The number of aromatic amines is 1. The van der Waals surface area contributed by atoms with Crippen LogP contribution in [0.5, 0.6) is 0 Å². The van der Waals surface area contributed by atoms with Gasteiger partial charge in [-0.3, -0.25) is 24.6 Å². The van der Waals surface area contributed by atoms with Crippen molar-refractivity contribution in [2.75, 3.05) is 51.7 Å². The molecule has 354 valence electrons. The predicted molar refractivity (Wildman–Crippen MR) is 262 cm³/mol. The van der Waals surface area contributed by atoms with Gasteiger partial charge in [-0.1, -0.05) is 24.3 Å². The Labute approximate surface area is 397 Å². The molecule has 14 heteroatoms. The summed E-state index contributed by atoms with van der Waals surface area (Å²) in [5.41, 5.74) is 9.75. The zero-order valence-electron chi connectivity index (χ0n) is 39.6. The van der Waals surface area contributed by atoms with Gasteiger partial charge in [0.25, 0.3) is 5.91 Å². The van der Waals surface area contributed by atoms with E-state index in [1.807, 2.05) is 42.3 Å². The number of piperidine rings is 4. The largest absolute Gasteiger partial charge is 0.374 e. The zero-order valence-corrected chi connectivity index (χ0v) is 39.6. The molecule has 0 radical (unpaired) electrons. The van der Waals surface area contributed by atoms with Crippen LogP contribution >= 0.6 is 0 Å². The molecule has 3 N–H and O–H groups in total. The predicted octanol–water partition coefficient (Wildman–Crippen LogP) is 8.63. The number of halogens is 1. The summed E-state index contributed by atoms with van der Waals surface area (Å²) in [5, 5.41) is 6.56. The van der Waals surface area contributed by atoms with Gasteiger partial charge in [0.15, 0.2) is 0 Å². The van der Waals surface area contributed by atoms with Gasteiger partial charge < -0.3 is 24.5 Å². The van der Waals surface area contributed by atoms with Crippen molar-refractivity contribution in [3.8, 4) is 11.1 Å².